The standard InChI is InChI=1S/C11H16N4O/c1-3-6-12-9-11(16)13-7-4-10-5-8-14-15(10)2/h1,5,8,12H,4,6-7,9H2,2H3,(H,13,16). The number of hydrogen-bond donors (Lipinski definition) is 2. The van der Waals surface area contributed by atoms with Crippen molar-refractivity contribution < 1.29 is 4.79 Å². The highest BCUT2D eigenvalue weighted by molar-refractivity contribution is 5.77. The van der Waals surface area contributed by atoms with Crippen molar-refractivity contribution in [1.29, 1.82) is 0 Å². The Morgan fingerprint density at radius 1 is 1.69 bits per heavy atom. The predicted molar refractivity (Wildman–Crippen MR) is 61.6 cm³/mol. The van der Waals surface area contributed by atoms with Crippen molar-refractivity contribution >= 4 is 5.91 Å². The molecule has 86 valence electrons. The van der Waals surface area contributed by atoms with Crippen molar-refractivity contribution in [2.24, 2.45) is 7.05 Å². The van der Waals surface area contributed by atoms with E-state index in [1.807, 2.05) is 13.1 Å². The van der Waals surface area contributed by atoms with E-state index in [-0.39, 0.29) is 12.5 Å². The van der Waals surface area contributed by atoms with Gasteiger partial charge in [-0.1, -0.05) is 5.92 Å². The van der Waals surface area contributed by atoms with Crippen LogP contribution in [0.2, 0.25) is 0 Å². The molecule has 2 N–H and O–H groups in total. The van der Waals surface area contributed by atoms with Gasteiger partial charge in [0.1, 0.15) is 0 Å². The summed E-state index contributed by atoms with van der Waals surface area (Å²) >= 11 is 0. The summed E-state index contributed by atoms with van der Waals surface area (Å²) < 4.78 is 1.79. The summed E-state index contributed by atoms with van der Waals surface area (Å²) in [5.74, 6) is 2.36. The smallest absolute Gasteiger partial charge is 0.233 e. The SMILES string of the molecule is C#CCNCC(=O)NCCc1ccnn1C. The van der Waals surface area contributed by atoms with Gasteiger partial charge in [0.2, 0.25) is 5.91 Å². The summed E-state index contributed by atoms with van der Waals surface area (Å²) in [6.45, 7) is 1.28. The summed E-state index contributed by atoms with van der Waals surface area (Å²) in [6, 6.07) is 1.93. The lowest BCUT2D eigenvalue weighted by Gasteiger charge is -2.05. The third kappa shape index (κ3) is 4.15. The third-order valence-electron chi connectivity index (χ3n) is 2.14. The largest absolute Gasteiger partial charge is 0.355 e. The normalized spacial score (nSPS) is 9.75. The Bertz CT molecular complexity index is 378. The van der Waals surface area contributed by atoms with Gasteiger partial charge in [0.25, 0.3) is 0 Å². The van der Waals surface area contributed by atoms with Gasteiger partial charge in [0.15, 0.2) is 0 Å². The van der Waals surface area contributed by atoms with Crippen molar-refractivity contribution in [2.45, 2.75) is 6.42 Å². The molecular formula is C11H16N4O. The number of amides is 1. The fourth-order valence-corrected chi connectivity index (χ4v) is 1.29. The quantitative estimate of drug-likeness (QED) is 0.492. The van der Waals surface area contributed by atoms with Crippen LogP contribution in [-0.2, 0) is 18.3 Å². The molecule has 0 spiro atoms. The highest BCUT2D eigenvalue weighted by atomic mass is 16.1. The summed E-state index contributed by atoms with van der Waals surface area (Å²) in [5, 5.41) is 9.66. The molecule has 1 aromatic rings. The second-order valence-electron chi connectivity index (χ2n) is 3.35. The van der Waals surface area contributed by atoms with E-state index in [9.17, 15) is 4.79 Å². The first-order chi connectivity index (χ1) is 7.74. The number of aromatic nitrogens is 2. The van der Waals surface area contributed by atoms with Crippen LogP contribution in [0.15, 0.2) is 12.3 Å². The molecule has 0 aromatic carbocycles. The molecule has 1 heterocycles. The van der Waals surface area contributed by atoms with Gasteiger partial charge >= 0.3 is 0 Å². The van der Waals surface area contributed by atoms with E-state index in [0.29, 0.717) is 13.1 Å². The molecule has 0 atom stereocenters. The Balaban J connectivity index is 2.14. The second kappa shape index (κ2) is 6.64. The Hall–Kier alpha value is -1.80. The first kappa shape index (κ1) is 12.3. The summed E-state index contributed by atoms with van der Waals surface area (Å²) in [7, 11) is 1.88. The van der Waals surface area contributed by atoms with E-state index < -0.39 is 0 Å². The van der Waals surface area contributed by atoms with Crippen LogP contribution in [-0.4, -0.2) is 35.3 Å². The molecule has 5 heteroatoms. The van der Waals surface area contributed by atoms with Crippen molar-refractivity contribution in [3.05, 3.63) is 18.0 Å². The molecule has 1 amide bonds. The number of nitrogens with one attached hydrogen (secondary N) is 2. The van der Waals surface area contributed by atoms with Crippen LogP contribution in [0.3, 0.4) is 0 Å². The van der Waals surface area contributed by atoms with E-state index in [0.717, 1.165) is 12.1 Å². The van der Waals surface area contributed by atoms with Crippen molar-refractivity contribution in [3.8, 4) is 12.3 Å². The molecule has 0 unspecified atom stereocenters. The minimum absolute atomic E-state index is 0.0441. The fraction of sp³-hybridized carbons (Fsp3) is 0.455. The van der Waals surface area contributed by atoms with Crippen LogP contribution in [0.4, 0.5) is 0 Å². The van der Waals surface area contributed by atoms with E-state index in [1.165, 1.54) is 0 Å². The van der Waals surface area contributed by atoms with Gasteiger partial charge in [-0.05, 0) is 6.07 Å². The molecular weight excluding hydrogens is 204 g/mol. The van der Waals surface area contributed by atoms with Crippen LogP contribution >= 0.6 is 0 Å². The lowest BCUT2D eigenvalue weighted by atomic mass is 10.3. The zero-order valence-corrected chi connectivity index (χ0v) is 9.36. The molecule has 0 radical (unpaired) electrons. The fourth-order valence-electron chi connectivity index (χ4n) is 1.29. The topological polar surface area (TPSA) is 59.0 Å². The molecule has 1 rings (SSSR count). The molecule has 0 saturated heterocycles. The monoisotopic (exact) mass is 220 g/mol. The maximum Gasteiger partial charge on any atom is 0.233 e. The van der Waals surface area contributed by atoms with Crippen molar-refractivity contribution in [3.63, 3.8) is 0 Å². The van der Waals surface area contributed by atoms with Gasteiger partial charge in [-0.15, -0.1) is 6.42 Å². The highest BCUT2D eigenvalue weighted by Gasteiger charge is 2.01. The van der Waals surface area contributed by atoms with E-state index in [2.05, 4.69) is 21.7 Å². The Morgan fingerprint density at radius 3 is 3.12 bits per heavy atom. The summed E-state index contributed by atoms with van der Waals surface area (Å²) in [5.41, 5.74) is 1.09. The van der Waals surface area contributed by atoms with E-state index in [4.69, 9.17) is 6.42 Å². The number of rotatable bonds is 6. The van der Waals surface area contributed by atoms with Gasteiger partial charge < -0.3 is 5.32 Å². The number of terminal acetylenes is 1. The van der Waals surface area contributed by atoms with Gasteiger partial charge in [0, 0.05) is 31.9 Å². The minimum Gasteiger partial charge on any atom is -0.355 e. The van der Waals surface area contributed by atoms with Crippen molar-refractivity contribution in [2.75, 3.05) is 19.6 Å². The number of hydrogen-bond acceptors (Lipinski definition) is 3. The lowest BCUT2D eigenvalue weighted by Crippen LogP contribution is -2.35. The molecule has 5 nitrogen and oxygen atoms in total. The number of carbonyl (C=O) groups excluding carboxylic acids is 1. The van der Waals surface area contributed by atoms with E-state index in [1.54, 1.807) is 10.9 Å². The molecule has 0 saturated carbocycles. The average Bonchev–Trinajstić information content (AvgIpc) is 2.65. The van der Waals surface area contributed by atoms with Crippen LogP contribution in [0.1, 0.15) is 5.69 Å². The maximum absolute atomic E-state index is 11.3. The van der Waals surface area contributed by atoms with Gasteiger partial charge in [0.05, 0.1) is 13.1 Å². The molecule has 16 heavy (non-hydrogen) atoms. The molecule has 0 bridgehead atoms. The molecule has 0 aliphatic rings. The third-order valence-corrected chi connectivity index (χ3v) is 2.14. The summed E-state index contributed by atoms with van der Waals surface area (Å²) in [4.78, 5) is 11.3. The molecule has 0 aliphatic heterocycles. The maximum atomic E-state index is 11.3. The Kier molecular flexibility index (Phi) is 5.09. The zero-order valence-electron chi connectivity index (χ0n) is 9.36. The second-order valence-corrected chi connectivity index (χ2v) is 3.35. The first-order valence-electron chi connectivity index (χ1n) is 5.12. The Morgan fingerprint density at radius 2 is 2.50 bits per heavy atom. The Labute approximate surface area is 95.2 Å². The van der Waals surface area contributed by atoms with Gasteiger partial charge in [-0.3, -0.25) is 14.8 Å². The number of carbonyl (C=O) groups is 1. The van der Waals surface area contributed by atoms with Crippen LogP contribution in [0.5, 0.6) is 0 Å². The van der Waals surface area contributed by atoms with E-state index >= 15 is 0 Å². The molecule has 0 fully saturated rings. The number of nitrogens with zero attached hydrogens (tertiary/aromatic N) is 2. The molecule has 1 aromatic heterocycles. The van der Waals surface area contributed by atoms with Crippen LogP contribution in [0, 0.1) is 12.3 Å². The lowest BCUT2D eigenvalue weighted by molar-refractivity contribution is -0.120. The first-order valence-corrected chi connectivity index (χ1v) is 5.12. The van der Waals surface area contributed by atoms with Crippen molar-refractivity contribution in [1.82, 2.24) is 20.4 Å². The van der Waals surface area contributed by atoms with Crippen LogP contribution < -0.4 is 10.6 Å². The summed E-state index contributed by atoms with van der Waals surface area (Å²) in [6.07, 6.45) is 7.56. The number of aryl methyl sites for hydroxylation is 1. The molecule has 0 aliphatic carbocycles. The minimum atomic E-state index is -0.0441. The zero-order chi connectivity index (χ0) is 11.8. The van der Waals surface area contributed by atoms with Gasteiger partial charge in [-0.25, -0.2) is 0 Å². The average molecular weight is 220 g/mol. The highest BCUT2D eigenvalue weighted by Crippen LogP contribution is 1.95. The van der Waals surface area contributed by atoms with Gasteiger partial charge in [-0.2, -0.15) is 5.10 Å². The predicted octanol–water partition coefficient (Wildman–Crippen LogP) is -0.698. The van der Waals surface area contributed by atoms with Crippen LogP contribution in [0.25, 0.3) is 0 Å².